The minimum absolute atomic E-state index is 0.199. The zero-order valence-corrected chi connectivity index (χ0v) is 8.21. The van der Waals surface area contributed by atoms with Crippen molar-refractivity contribution in [3.63, 3.8) is 0 Å². The van der Waals surface area contributed by atoms with Crippen LogP contribution in [-0.4, -0.2) is 24.4 Å². The van der Waals surface area contributed by atoms with E-state index in [0.29, 0.717) is 5.92 Å². The molecule has 0 bridgehead atoms. The van der Waals surface area contributed by atoms with E-state index in [1.54, 1.807) is 4.90 Å². The predicted octanol–water partition coefficient (Wildman–Crippen LogP) is 1.74. The molecule has 13 heavy (non-hydrogen) atoms. The number of rotatable bonds is 0. The molecule has 1 amide bonds. The van der Waals surface area contributed by atoms with Crippen molar-refractivity contribution in [2.45, 2.75) is 19.8 Å². The summed E-state index contributed by atoms with van der Waals surface area (Å²) in [5.74, 6) is 0.805. The van der Waals surface area contributed by atoms with Crippen LogP contribution in [0.15, 0.2) is 23.3 Å². The first-order valence-electron chi connectivity index (χ1n) is 4.84. The van der Waals surface area contributed by atoms with E-state index < -0.39 is 0 Å². The molecule has 0 spiro atoms. The zero-order valence-electron chi connectivity index (χ0n) is 8.21. The van der Waals surface area contributed by atoms with Crippen molar-refractivity contribution in [3.05, 3.63) is 23.3 Å². The summed E-state index contributed by atoms with van der Waals surface area (Å²) in [4.78, 5) is 13.5. The highest BCUT2D eigenvalue weighted by Gasteiger charge is 2.25. The molecular weight excluding hydrogens is 162 g/mol. The lowest BCUT2D eigenvalue weighted by Gasteiger charge is -2.29. The Morgan fingerprint density at radius 3 is 3.08 bits per heavy atom. The van der Waals surface area contributed by atoms with Gasteiger partial charge in [0.05, 0.1) is 0 Å². The molecule has 1 atom stereocenters. The average Bonchev–Trinajstić information content (AvgIpc) is 2.12. The summed E-state index contributed by atoms with van der Waals surface area (Å²) in [7, 11) is 1.87. The summed E-state index contributed by atoms with van der Waals surface area (Å²) < 4.78 is 0. The van der Waals surface area contributed by atoms with Crippen molar-refractivity contribution in [3.8, 4) is 0 Å². The van der Waals surface area contributed by atoms with Gasteiger partial charge < -0.3 is 4.90 Å². The number of carbonyl (C=O) groups is 1. The largest absolute Gasteiger partial charge is 0.341 e. The number of nitrogens with zero attached hydrogens (tertiary/aromatic N) is 1. The Bertz CT molecular complexity index is 301. The fraction of sp³-hybridized carbons (Fsp3) is 0.545. The van der Waals surface area contributed by atoms with Crippen LogP contribution in [0.2, 0.25) is 0 Å². The topological polar surface area (TPSA) is 20.3 Å². The Morgan fingerprint density at radius 2 is 2.31 bits per heavy atom. The highest BCUT2D eigenvalue weighted by molar-refractivity contribution is 5.98. The van der Waals surface area contributed by atoms with Crippen molar-refractivity contribution < 1.29 is 4.79 Å². The standard InChI is InChI=1S/C11H15NO/c1-8-3-4-10-9(7-8)5-6-12(2)11(10)13/h3-4,8H,5-7H2,1-2H3. The molecule has 0 saturated carbocycles. The van der Waals surface area contributed by atoms with Gasteiger partial charge >= 0.3 is 0 Å². The average molecular weight is 177 g/mol. The second-order valence-electron chi connectivity index (χ2n) is 4.03. The van der Waals surface area contributed by atoms with Crippen molar-refractivity contribution in [2.24, 2.45) is 5.92 Å². The molecule has 0 saturated heterocycles. The minimum Gasteiger partial charge on any atom is -0.341 e. The number of carbonyl (C=O) groups excluding carboxylic acids is 1. The summed E-state index contributed by atoms with van der Waals surface area (Å²) in [5, 5.41) is 0. The quantitative estimate of drug-likeness (QED) is 0.552. The smallest absolute Gasteiger partial charge is 0.253 e. The first-order valence-corrected chi connectivity index (χ1v) is 4.84. The number of hydrogen-bond donors (Lipinski definition) is 0. The van der Waals surface area contributed by atoms with Crippen LogP contribution >= 0.6 is 0 Å². The zero-order chi connectivity index (χ0) is 9.42. The highest BCUT2D eigenvalue weighted by atomic mass is 16.2. The van der Waals surface area contributed by atoms with E-state index in [2.05, 4.69) is 13.0 Å². The van der Waals surface area contributed by atoms with Crippen molar-refractivity contribution in [2.75, 3.05) is 13.6 Å². The molecule has 0 fully saturated rings. The lowest BCUT2D eigenvalue weighted by molar-refractivity contribution is -0.126. The van der Waals surface area contributed by atoms with E-state index in [0.717, 1.165) is 25.0 Å². The van der Waals surface area contributed by atoms with Crippen molar-refractivity contribution in [1.29, 1.82) is 0 Å². The third-order valence-electron chi connectivity index (χ3n) is 2.87. The monoisotopic (exact) mass is 177 g/mol. The Kier molecular flexibility index (Phi) is 1.98. The summed E-state index contributed by atoms with van der Waals surface area (Å²) in [6.07, 6.45) is 6.27. The van der Waals surface area contributed by atoms with E-state index in [9.17, 15) is 4.79 Å². The van der Waals surface area contributed by atoms with Crippen LogP contribution in [0.1, 0.15) is 19.8 Å². The van der Waals surface area contributed by atoms with Crippen LogP contribution in [0.5, 0.6) is 0 Å². The molecule has 0 aromatic carbocycles. The van der Waals surface area contributed by atoms with E-state index in [4.69, 9.17) is 0 Å². The Balaban J connectivity index is 2.31. The normalized spacial score (nSPS) is 28.0. The van der Waals surface area contributed by atoms with Crippen LogP contribution in [0.25, 0.3) is 0 Å². The van der Waals surface area contributed by atoms with Gasteiger partial charge in [0, 0.05) is 19.2 Å². The Morgan fingerprint density at radius 1 is 1.54 bits per heavy atom. The molecule has 1 aliphatic heterocycles. The molecule has 2 nitrogen and oxygen atoms in total. The molecule has 0 aromatic heterocycles. The van der Waals surface area contributed by atoms with E-state index in [1.165, 1.54) is 5.57 Å². The maximum absolute atomic E-state index is 11.7. The fourth-order valence-electron chi connectivity index (χ4n) is 2.01. The van der Waals surface area contributed by atoms with Gasteiger partial charge in [-0.3, -0.25) is 4.79 Å². The first-order chi connectivity index (χ1) is 6.18. The molecule has 2 aliphatic rings. The van der Waals surface area contributed by atoms with Gasteiger partial charge in [-0.15, -0.1) is 0 Å². The Labute approximate surface area is 78.9 Å². The number of allylic oxidation sites excluding steroid dienone is 1. The second-order valence-corrected chi connectivity index (χ2v) is 4.03. The summed E-state index contributed by atoms with van der Waals surface area (Å²) >= 11 is 0. The maximum Gasteiger partial charge on any atom is 0.253 e. The van der Waals surface area contributed by atoms with E-state index in [1.807, 2.05) is 13.1 Å². The van der Waals surface area contributed by atoms with Gasteiger partial charge in [-0.25, -0.2) is 0 Å². The van der Waals surface area contributed by atoms with Crippen molar-refractivity contribution >= 4 is 5.91 Å². The Hall–Kier alpha value is -1.05. The van der Waals surface area contributed by atoms with Crippen LogP contribution in [0.4, 0.5) is 0 Å². The molecule has 1 unspecified atom stereocenters. The predicted molar refractivity (Wildman–Crippen MR) is 52.2 cm³/mol. The molecular formula is C11H15NO. The summed E-state index contributed by atoms with van der Waals surface area (Å²) in [6.45, 7) is 3.08. The SMILES string of the molecule is CC1C=CC2=C(CCN(C)C2=O)C1. The van der Waals surface area contributed by atoms with Crippen molar-refractivity contribution in [1.82, 2.24) is 4.90 Å². The third-order valence-corrected chi connectivity index (χ3v) is 2.87. The van der Waals surface area contributed by atoms with Gasteiger partial charge in [-0.1, -0.05) is 24.6 Å². The highest BCUT2D eigenvalue weighted by Crippen LogP contribution is 2.29. The lowest BCUT2D eigenvalue weighted by Crippen LogP contribution is -2.34. The molecule has 0 N–H and O–H groups in total. The second kappa shape index (κ2) is 3.02. The fourth-order valence-corrected chi connectivity index (χ4v) is 2.01. The lowest BCUT2D eigenvalue weighted by atomic mass is 9.86. The van der Waals surface area contributed by atoms with E-state index >= 15 is 0 Å². The number of hydrogen-bond acceptors (Lipinski definition) is 1. The van der Waals surface area contributed by atoms with Gasteiger partial charge in [0.2, 0.25) is 0 Å². The van der Waals surface area contributed by atoms with Crippen LogP contribution in [0.3, 0.4) is 0 Å². The third kappa shape index (κ3) is 1.41. The first kappa shape index (κ1) is 8.54. The number of amides is 1. The van der Waals surface area contributed by atoms with Gasteiger partial charge in [-0.2, -0.15) is 0 Å². The van der Waals surface area contributed by atoms with Gasteiger partial charge in [0.15, 0.2) is 0 Å². The molecule has 2 rings (SSSR count). The van der Waals surface area contributed by atoms with E-state index in [-0.39, 0.29) is 5.91 Å². The maximum atomic E-state index is 11.7. The van der Waals surface area contributed by atoms with Gasteiger partial charge in [0.1, 0.15) is 0 Å². The number of likely N-dealkylation sites (N-methyl/N-ethyl adjacent to an activating group) is 1. The van der Waals surface area contributed by atoms with Crippen LogP contribution in [-0.2, 0) is 4.79 Å². The van der Waals surface area contributed by atoms with Gasteiger partial charge in [-0.05, 0) is 18.8 Å². The molecule has 0 radical (unpaired) electrons. The summed E-state index contributed by atoms with van der Waals surface area (Å²) in [6, 6.07) is 0. The summed E-state index contributed by atoms with van der Waals surface area (Å²) in [5.41, 5.74) is 2.31. The molecule has 70 valence electrons. The molecule has 1 aliphatic carbocycles. The van der Waals surface area contributed by atoms with Gasteiger partial charge in [0.25, 0.3) is 5.91 Å². The minimum atomic E-state index is 0.199. The molecule has 2 heteroatoms. The van der Waals surface area contributed by atoms with Crippen LogP contribution in [0, 0.1) is 5.92 Å². The molecule has 0 aromatic rings. The van der Waals surface area contributed by atoms with Crippen LogP contribution < -0.4 is 0 Å². The molecule has 1 heterocycles.